The minimum absolute atomic E-state index is 0.0104. The van der Waals surface area contributed by atoms with Crippen LogP contribution >= 0.6 is 0 Å². The second kappa shape index (κ2) is 9.38. The smallest absolute Gasteiger partial charge is 0.236 e. The molecule has 1 aliphatic heterocycles. The first-order valence-corrected chi connectivity index (χ1v) is 10.4. The highest BCUT2D eigenvalue weighted by atomic mass is 16.2. The summed E-state index contributed by atoms with van der Waals surface area (Å²) in [5.74, 6) is 0.0466. The number of pyridine rings is 1. The van der Waals surface area contributed by atoms with Gasteiger partial charge in [0.15, 0.2) is 0 Å². The third kappa shape index (κ3) is 5.24. The first kappa shape index (κ1) is 22.0. The van der Waals surface area contributed by atoms with Crippen LogP contribution in [-0.4, -0.2) is 63.5 Å². The van der Waals surface area contributed by atoms with Crippen LogP contribution in [0.25, 0.3) is 0 Å². The van der Waals surface area contributed by atoms with Crippen LogP contribution in [0.3, 0.4) is 0 Å². The topological polar surface area (TPSA) is 94.2 Å². The summed E-state index contributed by atoms with van der Waals surface area (Å²) in [5.41, 5.74) is 3.37. The van der Waals surface area contributed by atoms with E-state index in [9.17, 15) is 9.59 Å². The van der Waals surface area contributed by atoms with E-state index in [1.807, 2.05) is 55.9 Å². The third-order valence-electron chi connectivity index (χ3n) is 5.88. The number of carbonyl (C=O) groups is 2. The molecule has 8 nitrogen and oxygen atoms in total. The molecule has 0 radical (unpaired) electrons. The molecular formula is C22H32N6O2. The molecule has 2 aromatic rings. The standard InChI is InChI=1S/C22H32N6O2/c1-16-19(17(2)26-25-16)12-24-21(30)22(3)8-6-10-28(15-22)20(29)14-27(4)13-18-7-5-9-23-11-18/h5,7,9,11H,6,8,10,12-15H2,1-4H3,(H,24,30)(H,25,26)/t22-/m0/s1. The zero-order chi connectivity index (χ0) is 21.7. The van der Waals surface area contributed by atoms with Crippen LogP contribution < -0.4 is 5.32 Å². The Kier molecular flexibility index (Phi) is 6.87. The van der Waals surface area contributed by atoms with Crippen molar-refractivity contribution < 1.29 is 9.59 Å². The Morgan fingerprint density at radius 2 is 2.17 bits per heavy atom. The molecule has 30 heavy (non-hydrogen) atoms. The van der Waals surface area contributed by atoms with E-state index in [1.165, 1.54) is 0 Å². The van der Waals surface area contributed by atoms with Gasteiger partial charge in [0.25, 0.3) is 0 Å². The lowest BCUT2D eigenvalue weighted by molar-refractivity contribution is -0.141. The zero-order valence-electron chi connectivity index (χ0n) is 18.4. The first-order valence-electron chi connectivity index (χ1n) is 10.4. The molecular weight excluding hydrogens is 380 g/mol. The van der Waals surface area contributed by atoms with Crippen molar-refractivity contribution in [2.24, 2.45) is 5.41 Å². The second-order valence-electron chi connectivity index (χ2n) is 8.61. The molecule has 1 aliphatic rings. The molecule has 162 valence electrons. The molecule has 1 atom stereocenters. The van der Waals surface area contributed by atoms with Gasteiger partial charge in [-0.05, 0) is 52.3 Å². The second-order valence-corrected chi connectivity index (χ2v) is 8.61. The molecule has 1 saturated heterocycles. The molecule has 0 unspecified atom stereocenters. The highest BCUT2D eigenvalue weighted by Crippen LogP contribution is 2.30. The summed E-state index contributed by atoms with van der Waals surface area (Å²) in [6, 6.07) is 3.89. The Hall–Kier alpha value is -2.74. The quantitative estimate of drug-likeness (QED) is 0.723. The Labute approximate surface area is 178 Å². The summed E-state index contributed by atoms with van der Waals surface area (Å²) >= 11 is 0. The fraction of sp³-hybridized carbons (Fsp3) is 0.545. The molecule has 8 heteroatoms. The lowest BCUT2D eigenvalue weighted by Crippen LogP contribution is -2.53. The van der Waals surface area contributed by atoms with Gasteiger partial charge in [-0.25, -0.2) is 0 Å². The van der Waals surface area contributed by atoms with Gasteiger partial charge in [-0.2, -0.15) is 5.10 Å². The molecule has 0 saturated carbocycles. The van der Waals surface area contributed by atoms with E-state index in [4.69, 9.17) is 0 Å². The van der Waals surface area contributed by atoms with Crippen molar-refractivity contribution in [1.82, 2.24) is 30.3 Å². The lowest BCUT2D eigenvalue weighted by Gasteiger charge is -2.39. The van der Waals surface area contributed by atoms with Gasteiger partial charge >= 0.3 is 0 Å². The Bertz CT molecular complexity index is 862. The van der Waals surface area contributed by atoms with Crippen molar-refractivity contribution in [1.29, 1.82) is 0 Å². The van der Waals surface area contributed by atoms with Crippen LogP contribution in [0.1, 0.15) is 42.3 Å². The molecule has 2 aromatic heterocycles. The van der Waals surface area contributed by atoms with Crippen LogP contribution in [0, 0.1) is 19.3 Å². The van der Waals surface area contributed by atoms with Crippen LogP contribution in [-0.2, 0) is 22.7 Å². The number of likely N-dealkylation sites (N-methyl/N-ethyl adjacent to an activating group) is 1. The number of aromatic nitrogens is 3. The van der Waals surface area contributed by atoms with Gasteiger partial charge < -0.3 is 10.2 Å². The number of carbonyl (C=O) groups excluding carboxylic acids is 2. The van der Waals surface area contributed by atoms with E-state index in [2.05, 4.69) is 20.5 Å². The molecule has 0 spiro atoms. The highest BCUT2D eigenvalue weighted by molar-refractivity contribution is 5.84. The first-order chi connectivity index (χ1) is 14.3. The molecule has 3 rings (SSSR count). The maximum absolute atomic E-state index is 13.0. The predicted molar refractivity (Wildman–Crippen MR) is 114 cm³/mol. The summed E-state index contributed by atoms with van der Waals surface area (Å²) in [6.07, 6.45) is 5.15. The number of likely N-dealkylation sites (tertiary alicyclic amines) is 1. The molecule has 1 fully saturated rings. The Morgan fingerprint density at radius 1 is 1.37 bits per heavy atom. The van der Waals surface area contributed by atoms with Crippen LogP contribution in [0.15, 0.2) is 24.5 Å². The third-order valence-corrected chi connectivity index (χ3v) is 5.88. The minimum atomic E-state index is -0.582. The molecule has 3 heterocycles. The maximum Gasteiger partial charge on any atom is 0.236 e. The Morgan fingerprint density at radius 3 is 2.83 bits per heavy atom. The van der Waals surface area contributed by atoms with E-state index < -0.39 is 5.41 Å². The molecule has 2 N–H and O–H groups in total. The molecule has 2 amide bonds. The van der Waals surface area contributed by atoms with E-state index in [0.717, 1.165) is 35.4 Å². The van der Waals surface area contributed by atoms with Crippen molar-refractivity contribution in [3.8, 4) is 0 Å². The van der Waals surface area contributed by atoms with E-state index in [0.29, 0.717) is 32.7 Å². The van der Waals surface area contributed by atoms with Crippen LogP contribution in [0.2, 0.25) is 0 Å². The van der Waals surface area contributed by atoms with Crippen LogP contribution in [0.5, 0.6) is 0 Å². The van der Waals surface area contributed by atoms with Gasteiger partial charge in [0, 0.05) is 49.8 Å². The average Bonchev–Trinajstić information content (AvgIpc) is 3.04. The van der Waals surface area contributed by atoms with Crippen LogP contribution in [0.4, 0.5) is 0 Å². The van der Waals surface area contributed by atoms with E-state index in [1.54, 1.807) is 6.20 Å². The normalized spacial score (nSPS) is 19.2. The average molecular weight is 413 g/mol. The van der Waals surface area contributed by atoms with Crippen molar-refractivity contribution in [2.75, 3.05) is 26.7 Å². The maximum atomic E-state index is 13.0. The largest absolute Gasteiger partial charge is 0.351 e. The van der Waals surface area contributed by atoms with Gasteiger partial charge in [-0.15, -0.1) is 0 Å². The van der Waals surface area contributed by atoms with Crippen molar-refractivity contribution in [3.63, 3.8) is 0 Å². The van der Waals surface area contributed by atoms with Gasteiger partial charge in [0.1, 0.15) is 0 Å². The molecule has 0 aliphatic carbocycles. The highest BCUT2D eigenvalue weighted by Gasteiger charge is 2.39. The zero-order valence-corrected chi connectivity index (χ0v) is 18.4. The SMILES string of the molecule is Cc1n[nH]c(C)c1CNC(=O)[C@@]1(C)CCCN(C(=O)CN(C)Cc2cccnc2)C1. The molecule has 0 bridgehead atoms. The number of hydrogen-bond acceptors (Lipinski definition) is 5. The molecule has 0 aromatic carbocycles. The fourth-order valence-corrected chi connectivity index (χ4v) is 4.04. The van der Waals surface area contributed by atoms with Crippen molar-refractivity contribution >= 4 is 11.8 Å². The summed E-state index contributed by atoms with van der Waals surface area (Å²) in [4.78, 5) is 33.8. The number of nitrogens with one attached hydrogen (secondary N) is 2. The van der Waals surface area contributed by atoms with E-state index in [-0.39, 0.29) is 11.8 Å². The predicted octanol–water partition coefficient (Wildman–Crippen LogP) is 1.80. The number of piperidine rings is 1. The number of H-pyrrole nitrogens is 1. The van der Waals surface area contributed by atoms with Gasteiger partial charge in [-0.1, -0.05) is 6.07 Å². The lowest BCUT2D eigenvalue weighted by atomic mass is 9.80. The summed E-state index contributed by atoms with van der Waals surface area (Å²) < 4.78 is 0. The van der Waals surface area contributed by atoms with Crippen molar-refractivity contribution in [2.45, 2.75) is 46.7 Å². The van der Waals surface area contributed by atoms with Gasteiger partial charge in [0.2, 0.25) is 11.8 Å². The number of aryl methyl sites for hydroxylation is 2. The fourth-order valence-electron chi connectivity index (χ4n) is 4.04. The minimum Gasteiger partial charge on any atom is -0.351 e. The van der Waals surface area contributed by atoms with Gasteiger partial charge in [-0.3, -0.25) is 24.6 Å². The number of rotatable bonds is 7. The van der Waals surface area contributed by atoms with Gasteiger partial charge in [0.05, 0.1) is 17.7 Å². The number of hydrogen-bond donors (Lipinski definition) is 2. The van der Waals surface area contributed by atoms with Crippen molar-refractivity contribution in [3.05, 3.63) is 47.0 Å². The van der Waals surface area contributed by atoms with E-state index >= 15 is 0 Å². The summed E-state index contributed by atoms with van der Waals surface area (Å²) in [7, 11) is 1.93. The number of amides is 2. The monoisotopic (exact) mass is 412 g/mol. The summed E-state index contributed by atoms with van der Waals surface area (Å²) in [6.45, 7) is 8.40. The number of aromatic amines is 1. The number of nitrogens with zero attached hydrogens (tertiary/aromatic N) is 4. The Balaban J connectivity index is 1.55. The summed E-state index contributed by atoms with van der Waals surface area (Å²) in [5, 5.41) is 10.2.